The number of hydrogen-bond donors (Lipinski definition) is 0. The molecule has 0 radical (unpaired) electrons. The van der Waals surface area contributed by atoms with E-state index in [2.05, 4.69) is 164 Å². The van der Waals surface area contributed by atoms with Crippen molar-refractivity contribution in [1.82, 2.24) is 9.97 Å². The van der Waals surface area contributed by atoms with Crippen molar-refractivity contribution in [3.05, 3.63) is 170 Å². The van der Waals surface area contributed by atoms with E-state index in [-0.39, 0.29) is 0 Å². The molecule has 206 valence electrons. The largest absolute Gasteiger partial charge is 0.228 e. The number of hydrogen-bond acceptors (Lipinski definition) is 2. The fraction of sp³-hybridized carbons (Fsp3) is 0. The quantitative estimate of drug-likeness (QED) is 0.196. The van der Waals surface area contributed by atoms with Gasteiger partial charge in [-0.1, -0.05) is 146 Å². The molecule has 2 heteroatoms. The summed E-state index contributed by atoms with van der Waals surface area (Å²) in [7, 11) is 0. The molecule has 8 aromatic rings. The molecule has 0 bridgehead atoms. The summed E-state index contributed by atoms with van der Waals surface area (Å²) in [5.41, 5.74) is 10.9. The highest BCUT2D eigenvalue weighted by molar-refractivity contribution is 6.12. The summed E-state index contributed by atoms with van der Waals surface area (Å²) >= 11 is 0. The molecular weight excluding hydrogens is 532 g/mol. The van der Waals surface area contributed by atoms with Crippen molar-refractivity contribution < 1.29 is 0 Å². The maximum Gasteiger partial charge on any atom is 0.160 e. The second-order valence-corrected chi connectivity index (χ2v) is 11.1. The third kappa shape index (κ3) is 4.83. The van der Waals surface area contributed by atoms with E-state index in [0.717, 1.165) is 55.4 Å². The molecule has 1 heterocycles. The lowest BCUT2D eigenvalue weighted by molar-refractivity contribution is 1.23. The molecule has 0 saturated carbocycles. The minimum atomic E-state index is 0.714. The van der Waals surface area contributed by atoms with Crippen LogP contribution in [0.15, 0.2) is 170 Å². The monoisotopic (exact) mass is 560 g/mol. The van der Waals surface area contributed by atoms with E-state index in [9.17, 15) is 0 Å². The molecule has 0 unspecified atom stereocenters. The average molecular weight is 561 g/mol. The smallest absolute Gasteiger partial charge is 0.160 e. The van der Waals surface area contributed by atoms with Gasteiger partial charge in [-0.3, -0.25) is 0 Å². The van der Waals surface area contributed by atoms with Crippen LogP contribution in [0.25, 0.3) is 77.7 Å². The maximum atomic E-state index is 5.30. The van der Waals surface area contributed by atoms with Crippen molar-refractivity contribution in [2.75, 3.05) is 0 Å². The van der Waals surface area contributed by atoms with Gasteiger partial charge in [-0.25, -0.2) is 9.97 Å². The molecule has 0 spiro atoms. The predicted molar refractivity (Wildman–Crippen MR) is 184 cm³/mol. The fourth-order valence-corrected chi connectivity index (χ4v) is 6.04. The van der Waals surface area contributed by atoms with E-state index in [1.54, 1.807) is 0 Å². The topological polar surface area (TPSA) is 25.8 Å². The van der Waals surface area contributed by atoms with Gasteiger partial charge in [0.2, 0.25) is 0 Å². The second-order valence-electron chi connectivity index (χ2n) is 11.1. The van der Waals surface area contributed by atoms with Crippen molar-refractivity contribution >= 4 is 21.7 Å². The van der Waals surface area contributed by atoms with E-state index >= 15 is 0 Å². The van der Waals surface area contributed by atoms with Crippen molar-refractivity contribution in [2.24, 2.45) is 0 Å². The standard InChI is InChI=1S/C42H28N2/c1-4-12-29(13-5-1)31-20-22-32(23-21-31)36-26-35(30-14-6-2-7-15-30)27-37(28-36)42-43-39-25-24-33-16-10-11-19-38(33)40(39)41(44-42)34-17-8-3-9-18-34/h1-28H. The Labute approximate surface area is 257 Å². The minimum absolute atomic E-state index is 0.714. The van der Waals surface area contributed by atoms with Crippen molar-refractivity contribution in [1.29, 1.82) is 0 Å². The Hall–Kier alpha value is -5.86. The number of aromatic nitrogens is 2. The third-order valence-electron chi connectivity index (χ3n) is 8.26. The molecule has 0 fully saturated rings. The predicted octanol–water partition coefficient (Wildman–Crippen LogP) is 11.1. The summed E-state index contributed by atoms with van der Waals surface area (Å²) in [6.45, 7) is 0. The van der Waals surface area contributed by atoms with Crippen LogP contribution < -0.4 is 0 Å². The van der Waals surface area contributed by atoms with Crippen LogP contribution in [0.1, 0.15) is 0 Å². The summed E-state index contributed by atoms with van der Waals surface area (Å²) < 4.78 is 0. The molecule has 0 aliphatic heterocycles. The Kier molecular flexibility index (Phi) is 6.51. The van der Waals surface area contributed by atoms with Gasteiger partial charge in [0, 0.05) is 16.5 Å². The van der Waals surface area contributed by atoms with Gasteiger partial charge in [0.05, 0.1) is 11.2 Å². The Morgan fingerprint density at radius 2 is 0.795 bits per heavy atom. The molecule has 8 rings (SSSR count). The molecule has 0 saturated heterocycles. The summed E-state index contributed by atoms with van der Waals surface area (Å²) in [4.78, 5) is 10.5. The van der Waals surface area contributed by atoms with E-state index in [0.29, 0.717) is 5.82 Å². The third-order valence-corrected chi connectivity index (χ3v) is 8.26. The Bertz CT molecular complexity index is 2240. The molecule has 0 atom stereocenters. The molecule has 2 nitrogen and oxygen atoms in total. The van der Waals surface area contributed by atoms with Crippen LogP contribution in [0.4, 0.5) is 0 Å². The summed E-state index contributed by atoms with van der Waals surface area (Å²) in [5.74, 6) is 0.714. The maximum absolute atomic E-state index is 5.30. The first-order valence-electron chi connectivity index (χ1n) is 14.9. The van der Waals surface area contributed by atoms with Crippen molar-refractivity contribution in [2.45, 2.75) is 0 Å². The number of fused-ring (bicyclic) bond motifs is 3. The highest BCUT2D eigenvalue weighted by atomic mass is 14.9. The Morgan fingerprint density at radius 1 is 0.318 bits per heavy atom. The molecule has 0 amide bonds. The molecule has 44 heavy (non-hydrogen) atoms. The molecule has 0 N–H and O–H groups in total. The molecule has 0 aliphatic rings. The van der Waals surface area contributed by atoms with Crippen molar-refractivity contribution in [3.63, 3.8) is 0 Å². The van der Waals surface area contributed by atoms with Crippen LogP contribution in [0, 0.1) is 0 Å². The van der Waals surface area contributed by atoms with Crippen LogP contribution in [-0.4, -0.2) is 9.97 Å². The minimum Gasteiger partial charge on any atom is -0.228 e. The summed E-state index contributed by atoms with van der Waals surface area (Å²) in [6.07, 6.45) is 0. The van der Waals surface area contributed by atoms with Crippen LogP contribution in [0.3, 0.4) is 0 Å². The van der Waals surface area contributed by atoms with Gasteiger partial charge in [0.25, 0.3) is 0 Å². The zero-order chi connectivity index (χ0) is 29.3. The van der Waals surface area contributed by atoms with E-state index in [4.69, 9.17) is 9.97 Å². The molecule has 7 aromatic carbocycles. The lowest BCUT2D eigenvalue weighted by atomic mass is 9.94. The van der Waals surface area contributed by atoms with Gasteiger partial charge >= 0.3 is 0 Å². The first-order chi connectivity index (χ1) is 21.8. The second kappa shape index (κ2) is 11.1. The van der Waals surface area contributed by atoms with Gasteiger partial charge < -0.3 is 0 Å². The first kappa shape index (κ1) is 25.8. The number of rotatable bonds is 5. The van der Waals surface area contributed by atoms with E-state index < -0.39 is 0 Å². The van der Waals surface area contributed by atoms with Crippen LogP contribution in [0.5, 0.6) is 0 Å². The zero-order valence-electron chi connectivity index (χ0n) is 24.1. The van der Waals surface area contributed by atoms with Gasteiger partial charge in [-0.15, -0.1) is 0 Å². The SMILES string of the molecule is c1ccc(-c2ccc(-c3cc(-c4ccccc4)cc(-c4nc(-c5ccccc5)c5c(ccc6ccccc65)n4)c3)cc2)cc1. The average Bonchev–Trinajstić information content (AvgIpc) is 3.12. The van der Waals surface area contributed by atoms with Crippen LogP contribution >= 0.6 is 0 Å². The molecule has 1 aromatic heterocycles. The summed E-state index contributed by atoms with van der Waals surface area (Å²) in [6, 6.07) is 59.8. The fourth-order valence-electron chi connectivity index (χ4n) is 6.04. The van der Waals surface area contributed by atoms with Gasteiger partial charge in [0.15, 0.2) is 5.82 Å². The molecule has 0 aliphatic carbocycles. The lowest BCUT2D eigenvalue weighted by Gasteiger charge is -2.14. The normalized spacial score (nSPS) is 11.2. The lowest BCUT2D eigenvalue weighted by Crippen LogP contribution is -1.97. The Morgan fingerprint density at radius 3 is 1.43 bits per heavy atom. The van der Waals surface area contributed by atoms with Crippen LogP contribution in [0.2, 0.25) is 0 Å². The van der Waals surface area contributed by atoms with Crippen molar-refractivity contribution in [3.8, 4) is 56.0 Å². The van der Waals surface area contributed by atoms with Gasteiger partial charge in [-0.05, 0) is 68.4 Å². The highest BCUT2D eigenvalue weighted by Gasteiger charge is 2.16. The van der Waals surface area contributed by atoms with E-state index in [1.807, 2.05) is 6.07 Å². The number of nitrogens with zero attached hydrogens (tertiary/aromatic N) is 2. The van der Waals surface area contributed by atoms with Gasteiger partial charge in [0.1, 0.15) is 0 Å². The zero-order valence-corrected chi connectivity index (χ0v) is 24.1. The summed E-state index contributed by atoms with van der Waals surface area (Å²) in [5, 5.41) is 3.42. The molecular formula is C42H28N2. The highest BCUT2D eigenvalue weighted by Crippen LogP contribution is 2.37. The van der Waals surface area contributed by atoms with E-state index in [1.165, 1.54) is 16.5 Å². The van der Waals surface area contributed by atoms with Crippen LogP contribution in [-0.2, 0) is 0 Å². The number of benzene rings is 7. The van der Waals surface area contributed by atoms with Gasteiger partial charge in [-0.2, -0.15) is 0 Å². The Balaban J connectivity index is 1.34. The first-order valence-corrected chi connectivity index (χ1v) is 14.9.